The average Bonchev–Trinajstić information content (AvgIpc) is 2.22. The lowest BCUT2D eigenvalue weighted by Gasteiger charge is -2.38. The number of β-amino-alcohol motifs (C(OH)–C–C–N with tert-alkyl or cyclic N) is 1. The van der Waals surface area contributed by atoms with E-state index in [4.69, 9.17) is 23.2 Å². The summed E-state index contributed by atoms with van der Waals surface area (Å²) in [5, 5.41) is 10.6. The molecule has 1 fully saturated rings. The highest BCUT2D eigenvalue weighted by Crippen LogP contribution is 2.29. The summed E-state index contributed by atoms with van der Waals surface area (Å²) in [6, 6.07) is 0. The van der Waals surface area contributed by atoms with E-state index in [0.717, 1.165) is 30.8 Å². The predicted molar refractivity (Wildman–Crippen MR) is 68.9 cm³/mol. The van der Waals surface area contributed by atoms with Gasteiger partial charge in [-0.15, -0.1) is 0 Å². The SMILES string of the molecule is Cc1c(Cl)nc(Cl)nc1N1CCC[C@@](C)(O)C1. The van der Waals surface area contributed by atoms with Gasteiger partial charge in [-0.05, 0) is 38.3 Å². The van der Waals surface area contributed by atoms with Gasteiger partial charge < -0.3 is 10.0 Å². The molecule has 1 saturated heterocycles. The van der Waals surface area contributed by atoms with Crippen molar-refractivity contribution in [3.8, 4) is 0 Å². The molecule has 4 nitrogen and oxygen atoms in total. The van der Waals surface area contributed by atoms with Gasteiger partial charge in [-0.25, -0.2) is 9.97 Å². The lowest BCUT2D eigenvalue weighted by Crippen LogP contribution is -2.46. The second-order valence-electron chi connectivity index (χ2n) is 4.75. The van der Waals surface area contributed by atoms with Gasteiger partial charge in [-0.3, -0.25) is 0 Å². The van der Waals surface area contributed by atoms with Gasteiger partial charge in [0, 0.05) is 18.7 Å². The Morgan fingerprint density at radius 2 is 2.06 bits per heavy atom. The molecule has 0 aliphatic carbocycles. The highest BCUT2D eigenvalue weighted by Gasteiger charge is 2.30. The van der Waals surface area contributed by atoms with Crippen molar-refractivity contribution in [2.75, 3.05) is 18.0 Å². The number of halogens is 2. The molecular weight excluding hydrogens is 261 g/mol. The molecule has 1 aromatic heterocycles. The monoisotopic (exact) mass is 275 g/mol. The predicted octanol–water partition coefficient (Wildman–Crippen LogP) is 2.44. The van der Waals surface area contributed by atoms with Crippen LogP contribution in [-0.4, -0.2) is 33.8 Å². The Bertz CT molecular complexity index is 437. The molecule has 1 aromatic rings. The molecule has 0 amide bonds. The summed E-state index contributed by atoms with van der Waals surface area (Å²) < 4.78 is 0. The second-order valence-corrected chi connectivity index (χ2v) is 5.45. The van der Waals surface area contributed by atoms with Gasteiger partial charge >= 0.3 is 0 Å². The van der Waals surface area contributed by atoms with Crippen LogP contribution in [0.3, 0.4) is 0 Å². The van der Waals surface area contributed by atoms with Crippen LogP contribution in [0.25, 0.3) is 0 Å². The van der Waals surface area contributed by atoms with E-state index in [2.05, 4.69) is 9.97 Å². The number of hydrogen-bond acceptors (Lipinski definition) is 4. The normalized spacial score (nSPS) is 25.1. The fourth-order valence-corrected chi connectivity index (χ4v) is 2.53. The third kappa shape index (κ3) is 2.81. The Balaban J connectivity index is 2.34. The van der Waals surface area contributed by atoms with E-state index in [1.54, 1.807) is 0 Å². The summed E-state index contributed by atoms with van der Waals surface area (Å²) in [5.74, 6) is 0.718. The number of aromatic nitrogens is 2. The number of rotatable bonds is 1. The van der Waals surface area contributed by atoms with Crippen LogP contribution >= 0.6 is 23.2 Å². The van der Waals surface area contributed by atoms with E-state index in [-0.39, 0.29) is 5.28 Å². The molecule has 17 heavy (non-hydrogen) atoms. The zero-order valence-corrected chi connectivity index (χ0v) is 11.4. The number of hydrogen-bond donors (Lipinski definition) is 1. The van der Waals surface area contributed by atoms with Crippen LogP contribution < -0.4 is 4.90 Å². The van der Waals surface area contributed by atoms with Crippen molar-refractivity contribution < 1.29 is 5.11 Å². The Morgan fingerprint density at radius 1 is 1.35 bits per heavy atom. The first-order valence-electron chi connectivity index (χ1n) is 5.56. The summed E-state index contributed by atoms with van der Waals surface area (Å²) >= 11 is 11.8. The van der Waals surface area contributed by atoms with Crippen molar-refractivity contribution in [3.63, 3.8) is 0 Å². The van der Waals surface area contributed by atoms with Crippen LogP contribution in [0.4, 0.5) is 5.82 Å². The van der Waals surface area contributed by atoms with Crippen molar-refractivity contribution in [2.45, 2.75) is 32.3 Å². The zero-order chi connectivity index (χ0) is 12.6. The highest BCUT2D eigenvalue weighted by molar-refractivity contribution is 6.32. The van der Waals surface area contributed by atoms with E-state index in [0.29, 0.717) is 11.7 Å². The van der Waals surface area contributed by atoms with Gasteiger partial charge in [0.2, 0.25) is 5.28 Å². The summed E-state index contributed by atoms with van der Waals surface area (Å²) in [4.78, 5) is 10.1. The van der Waals surface area contributed by atoms with Gasteiger partial charge in [0.05, 0.1) is 5.60 Å². The molecule has 0 saturated carbocycles. The molecule has 0 unspecified atom stereocenters. The lowest BCUT2D eigenvalue weighted by molar-refractivity contribution is 0.0446. The van der Waals surface area contributed by atoms with E-state index >= 15 is 0 Å². The molecule has 6 heteroatoms. The highest BCUT2D eigenvalue weighted by atomic mass is 35.5. The molecule has 0 radical (unpaired) electrons. The fourth-order valence-electron chi connectivity index (χ4n) is 2.16. The smallest absolute Gasteiger partial charge is 0.225 e. The van der Waals surface area contributed by atoms with Crippen LogP contribution in [-0.2, 0) is 0 Å². The van der Waals surface area contributed by atoms with E-state index < -0.39 is 5.60 Å². The van der Waals surface area contributed by atoms with Crippen molar-refractivity contribution in [1.29, 1.82) is 0 Å². The number of aliphatic hydroxyl groups is 1. The molecular formula is C11H15Cl2N3O. The minimum absolute atomic E-state index is 0.140. The van der Waals surface area contributed by atoms with Crippen molar-refractivity contribution in [3.05, 3.63) is 16.0 Å². The Kier molecular flexibility index (Phi) is 3.48. The summed E-state index contributed by atoms with van der Waals surface area (Å²) in [6.45, 7) is 5.08. The summed E-state index contributed by atoms with van der Waals surface area (Å²) in [7, 11) is 0. The third-order valence-electron chi connectivity index (χ3n) is 3.01. The lowest BCUT2D eigenvalue weighted by atomic mass is 9.95. The maximum atomic E-state index is 10.1. The van der Waals surface area contributed by atoms with Crippen molar-refractivity contribution in [2.24, 2.45) is 0 Å². The molecule has 1 atom stereocenters. The number of nitrogens with zero attached hydrogens (tertiary/aromatic N) is 3. The first-order chi connectivity index (χ1) is 7.89. The minimum atomic E-state index is -0.686. The maximum Gasteiger partial charge on any atom is 0.225 e. The van der Waals surface area contributed by atoms with Gasteiger partial charge in [0.1, 0.15) is 11.0 Å². The first-order valence-corrected chi connectivity index (χ1v) is 6.32. The Morgan fingerprint density at radius 3 is 2.71 bits per heavy atom. The van der Waals surface area contributed by atoms with Crippen molar-refractivity contribution >= 4 is 29.0 Å². The minimum Gasteiger partial charge on any atom is -0.388 e. The quantitative estimate of drug-likeness (QED) is 0.632. The molecule has 1 N–H and O–H groups in total. The van der Waals surface area contributed by atoms with Gasteiger partial charge in [-0.2, -0.15) is 0 Å². The Labute approximate surface area is 111 Å². The largest absolute Gasteiger partial charge is 0.388 e. The van der Waals surface area contributed by atoms with Gasteiger partial charge in [-0.1, -0.05) is 11.6 Å². The second kappa shape index (κ2) is 4.59. The van der Waals surface area contributed by atoms with E-state index in [9.17, 15) is 5.11 Å². The average molecular weight is 276 g/mol. The molecule has 1 aliphatic heterocycles. The molecule has 0 spiro atoms. The fraction of sp³-hybridized carbons (Fsp3) is 0.636. The van der Waals surface area contributed by atoms with Crippen LogP contribution in [0.15, 0.2) is 0 Å². The molecule has 0 aromatic carbocycles. The maximum absolute atomic E-state index is 10.1. The van der Waals surface area contributed by atoms with Crippen molar-refractivity contribution in [1.82, 2.24) is 9.97 Å². The molecule has 1 aliphatic rings. The van der Waals surface area contributed by atoms with E-state index in [1.165, 1.54) is 0 Å². The molecule has 94 valence electrons. The number of anilines is 1. The van der Waals surface area contributed by atoms with Crippen LogP contribution in [0, 0.1) is 6.92 Å². The topological polar surface area (TPSA) is 49.2 Å². The van der Waals surface area contributed by atoms with Crippen LogP contribution in [0.1, 0.15) is 25.3 Å². The van der Waals surface area contributed by atoms with Crippen LogP contribution in [0.5, 0.6) is 0 Å². The molecule has 0 bridgehead atoms. The Hall–Kier alpha value is -0.580. The van der Waals surface area contributed by atoms with Gasteiger partial charge in [0.15, 0.2) is 0 Å². The number of piperidine rings is 1. The molecule has 2 heterocycles. The van der Waals surface area contributed by atoms with Gasteiger partial charge in [0.25, 0.3) is 0 Å². The summed E-state index contributed by atoms with van der Waals surface area (Å²) in [5.41, 5.74) is 0.114. The summed E-state index contributed by atoms with van der Waals surface area (Å²) in [6.07, 6.45) is 1.72. The van der Waals surface area contributed by atoms with E-state index in [1.807, 2.05) is 18.7 Å². The first kappa shape index (κ1) is 12.9. The van der Waals surface area contributed by atoms with Crippen LogP contribution in [0.2, 0.25) is 10.4 Å². The third-order valence-corrected chi connectivity index (χ3v) is 3.54. The molecule has 2 rings (SSSR count). The standard InChI is InChI=1S/C11H15Cl2N3O/c1-7-8(12)14-10(13)15-9(7)16-5-3-4-11(2,17)6-16/h17H,3-6H2,1-2H3/t11-/m1/s1. The zero-order valence-electron chi connectivity index (χ0n) is 9.87.